The van der Waals surface area contributed by atoms with Crippen LogP contribution in [0.1, 0.15) is 5.56 Å². The molecule has 0 unspecified atom stereocenters. The van der Waals surface area contributed by atoms with Gasteiger partial charge in [-0.15, -0.1) is 0 Å². The van der Waals surface area contributed by atoms with Gasteiger partial charge in [0.25, 0.3) is 0 Å². The van der Waals surface area contributed by atoms with E-state index in [0.29, 0.717) is 12.2 Å². The zero-order valence-corrected chi connectivity index (χ0v) is 13.2. The number of alkyl halides is 2. The lowest BCUT2D eigenvalue weighted by molar-refractivity contribution is -0.118. The van der Waals surface area contributed by atoms with E-state index >= 15 is 0 Å². The third kappa shape index (κ3) is 6.86. The summed E-state index contributed by atoms with van der Waals surface area (Å²) in [5.74, 6) is -0.510. The van der Waals surface area contributed by atoms with Crippen LogP contribution >= 0.6 is 0 Å². The highest BCUT2D eigenvalue weighted by Gasteiger charge is 2.08. The third-order valence-electron chi connectivity index (χ3n) is 3.08. The Labute approximate surface area is 143 Å². The van der Waals surface area contributed by atoms with Crippen LogP contribution in [0, 0.1) is 0 Å². The van der Waals surface area contributed by atoms with Gasteiger partial charge in [-0.3, -0.25) is 10.1 Å². The number of hydrogen-bond acceptors (Lipinski definition) is 4. The second kappa shape index (κ2) is 9.21. The van der Waals surface area contributed by atoms with E-state index in [1.54, 1.807) is 0 Å². The number of hydrogen-bond donors (Lipinski definition) is 3. The average Bonchev–Trinajstić information content (AvgIpc) is 2.60. The van der Waals surface area contributed by atoms with Crippen LogP contribution in [0.4, 0.5) is 19.3 Å². The maximum Gasteiger partial charge on any atom is 0.387 e. The molecule has 6 nitrogen and oxygen atoms in total. The van der Waals surface area contributed by atoms with Gasteiger partial charge in [0.2, 0.25) is 5.91 Å². The summed E-state index contributed by atoms with van der Waals surface area (Å²) in [4.78, 5) is 23.3. The summed E-state index contributed by atoms with van der Waals surface area (Å²) in [6.45, 7) is -2.73. The maximum atomic E-state index is 12.0. The molecule has 0 saturated heterocycles. The molecule has 0 aliphatic heterocycles. The zero-order valence-electron chi connectivity index (χ0n) is 13.2. The molecule has 25 heavy (non-hydrogen) atoms. The number of carbonyl (C=O) groups is 2. The SMILES string of the molecule is O=C(CNc1ccc(OC(F)F)cc1)NC(=O)NCc1ccccc1. The molecule has 8 heteroatoms. The zero-order chi connectivity index (χ0) is 18.1. The predicted octanol–water partition coefficient (Wildman–Crippen LogP) is 2.73. The number of urea groups is 1. The molecule has 0 saturated carbocycles. The number of imide groups is 1. The van der Waals surface area contributed by atoms with Gasteiger partial charge in [0.1, 0.15) is 5.75 Å². The van der Waals surface area contributed by atoms with Crippen LogP contribution in [-0.2, 0) is 11.3 Å². The molecule has 0 bridgehead atoms. The Hall–Kier alpha value is -3.16. The molecule has 3 N–H and O–H groups in total. The van der Waals surface area contributed by atoms with Crippen molar-refractivity contribution >= 4 is 17.6 Å². The van der Waals surface area contributed by atoms with E-state index in [4.69, 9.17) is 0 Å². The van der Waals surface area contributed by atoms with Crippen molar-refractivity contribution in [3.63, 3.8) is 0 Å². The monoisotopic (exact) mass is 349 g/mol. The van der Waals surface area contributed by atoms with E-state index in [1.807, 2.05) is 30.3 Å². The van der Waals surface area contributed by atoms with Crippen molar-refractivity contribution in [1.82, 2.24) is 10.6 Å². The van der Waals surface area contributed by atoms with Crippen LogP contribution in [0.3, 0.4) is 0 Å². The van der Waals surface area contributed by atoms with Crippen LogP contribution in [0.25, 0.3) is 0 Å². The lowest BCUT2D eigenvalue weighted by Crippen LogP contribution is -2.41. The summed E-state index contributed by atoms with van der Waals surface area (Å²) in [7, 11) is 0. The highest BCUT2D eigenvalue weighted by molar-refractivity contribution is 5.96. The molecule has 0 aliphatic rings. The maximum absolute atomic E-state index is 12.0. The van der Waals surface area contributed by atoms with Crippen LogP contribution in [0.2, 0.25) is 0 Å². The van der Waals surface area contributed by atoms with E-state index in [0.717, 1.165) is 5.56 Å². The number of amides is 3. The van der Waals surface area contributed by atoms with Gasteiger partial charge < -0.3 is 15.4 Å². The second-order valence-electron chi connectivity index (χ2n) is 4.97. The molecular weight excluding hydrogens is 332 g/mol. The van der Waals surface area contributed by atoms with Crippen molar-refractivity contribution in [3.05, 3.63) is 60.2 Å². The van der Waals surface area contributed by atoms with Crippen LogP contribution in [0.15, 0.2) is 54.6 Å². The van der Waals surface area contributed by atoms with Gasteiger partial charge in [0.05, 0.1) is 6.54 Å². The minimum Gasteiger partial charge on any atom is -0.435 e. The Morgan fingerprint density at radius 3 is 2.32 bits per heavy atom. The van der Waals surface area contributed by atoms with Gasteiger partial charge in [-0.05, 0) is 29.8 Å². The van der Waals surface area contributed by atoms with Gasteiger partial charge in [-0.25, -0.2) is 4.79 Å². The summed E-state index contributed by atoms with van der Waals surface area (Å²) >= 11 is 0. The fourth-order valence-electron chi connectivity index (χ4n) is 1.93. The molecule has 0 aliphatic carbocycles. The number of nitrogens with one attached hydrogen (secondary N) is 3. The van der Waals surface area contributed by atoms with Crippen LogP contribution in [0.5, 0.6) is 5.75 Å². The summed E-state index contributed by atoms with van der Waals surface area (Å²) in [6, 6.07) is 14.3. The topological polar surface area (TPSA) is 79.5 Å². The van der Waals surface area contributed by atoms with Gasteiger partial charge in [0, 0.05) is 12.2 Å². The highest BCUT2D eigenvalue weighted by Crippen LogP contribution is 2.17. The molecule has 2 rings (SSSR count). The second-order valence-corrected chi connectivity index (χ2v) is 4.97. The molecule has 0 heterocycles. The summed E-state index contributed by atoms with van der Waals surface area (Å²) in [6.07, 6.45) is 0. The van der Waals surface area contributed by atoms with Crippen molar-refractivity contribution < 1.29 is 23.1 Å². The van der Waals surface area contributed by atoms with Gasteiger partial charge in [0.15, 0.2) is 0 Å². The van der Waals surface area contributed by atoms with Crippen molar-refractivity contribution in [1.29, 1.82) is 0 Å². The fourth-order valence-corrected chi connectivity index (χ4v) is 1.93. The number of ether oxygens (including phenoxy) is 1. The molecule has 3 amide bonds. The molecule has 2 aromatic rings. The number of halogens is 2. The normalized spacial score (nSPS) is 10.2. The first kappa shape index (κ1) is 18.2. The Morgan fingerprint density at radius 1 is 1.00 bits per heavy atom. The smallest absolute Gasteiger partial charge is 0.387 e. The van der Waals surface area contributed by atoms with E-state index < -0.39 is 18.5 Å². The number of benzene rings is 2. The predicted molar refractivity (Wildman–Crippen MR) is 88.4 cm³/mol. The van der Waals surface area contributed by atoms with Crippen LogP contribution in [-0.4, -0.2) is 25.1 Å². The Morgan fingerprint density at radius 2 is 1.68 bits per heavy atom. The Balaban J connectivity index is 1.70. The Bertz CT molecular complexity index is 694. The summed E-state index contributed by atoms with van der Waals surface area (Å²) < 4.78 is 28.3. The van der Waals surface area contributed by atoms with Gasteiger partial charge in [-0.1, -0.05) is 30.3 Å². The van der Waals surface area contributed by atoms with E-state index in [9.17, 15) is 18.4 Å². The third-order valence-corrected chi connectivity index (χ3v) is 3.08. The highest BCUT2D eigenvalue weighted by atomic mass is 19.3. The summed E-state index contributed by atoms with van der Waals surface area (Å²) in [5, 5.41) is 7.52. The van der Waals surface area contributed by atoms with E-state index in [1.165, 1.54) is 24.3 Å². The first-order valence-corrected chi connectivity index (χ1v) is 7.43. The van der Waals surface area contributed by atoms with Gasteiger partial charge >= 0.3 is 12.6 Å². The number of rotatable bonds is 7. The van der Waals surface area contributed by atoms with E-state index in [2.05, 4.69) is 20.7 Å². The minimum absolute atomic E-state index is 0.0188. The standard InChI is InChI=1S/C17H17F2N3O3/c18-16(19)25-14-8-6-13(7-9-14)20-11-15(23)22-17(24)21-10-12-4-2-1-3-5-12/h1-9,16,20H,10-11H2,(H2,21,22,23,24). The summed E-state index contributed by atoms with van der Waals surface area (Å²) in [5.41, 5.74) is 1.44. The van der Waals surface area contributed by atoms with Crippen molar-refractivity contribution in [3.8, 4) is 5.75 Å². The van der Waals surface area contributed by atoms with Crippen molar-refractivity contribution in [2.75, 3.05) is 11.9 Å². The molecule has 0 fully saturated rings. The lowest BCUT2D eigenvalue weighted by atomic mass is 10.2. The number of carbonyl (C=O) groups excluding carboxylic acids is 2. The molecule has 0 atom stereocenters. The minimum atomic E-state index is -2.89. The molecule has 0 spiro atoms. The Kier molecular flexibility index (Phi) is 6.70. The lowest BCUT2D eigenvalue weighted by Gasteiger charge is -2.09. The van der Waals surface area contributed by atoms with Crippen molar-refractivity contribution in [2.45, 2.75) is 13.2 Å². The quantitative estimate of drug-likeness (QED) is 0.718. The molecule has 0 radical (unpaired) electrons. The fraction of sp³-hybridized carbons (Fsp3) is 0.176. The first-order chi connectivity index (χ1) is 12.0. The van der Waals surface area contributed by atoms with E-state index in [-0.39, 0.29) is 12.3 Å². The average molecular weight is 349 g/mol. The molecule has 0 aromatic heterocycles. The molecule has 2 aromatic carbocycles. The molecular formula is C17H17F2N3O3. The number of anilines is 1. The first-order valence-electron chi connectivity index (χ1n) is 7.43. The molecule has 132 valence electrons. The van der Waals surface area contributed by atoms with Gasteiger partial charge in [-0.2, -0.15) is 8.78 Å². The van der Waals surface area contributed by atoms with Crippen molar-refractivity contribution in [2.24, 2.45) is 0 Å². The van der Waals surface area contributed by atoms with Crippen LogP contribution < -0.4 is 20.7 Å². The largest absolute Gasteiger partial charge is 0.435 e.